The molecule has 0 radical (unpaired) electrons. The summed E-state index contributed by atoms with van der Waals surface area (Å²) in [4.78, 5) is 10.1. The standard InChI is InChI=1S/C10H5ClN6O3/c11-7-5-6(17(18)19)1-2-8(7)20-10-4-3-9-12-14-15-16(9)13-10/h1-5H. The summed E-state index contributed by atoms with van der Waals surface area (Å²) in [5.74, 6) is 0.456. The molecule has 0 bridgehead atoms. The van der Waals surface area contributed by atoms with Gasteiger partial charge >= 0.3 is 0 Å². The zero-order valence-electron chi connectivity index (χ0n) is 9.67. The number of nitro groups is 1. The fourth-order valence-corrected chi connectivity index (χ4v) is 1.70. The number of benzene rings is 1. The van der Waals surface area contributed by atoms with Crippen LogP contribution in [0.25, 0.3) is 5.65 Å². The SMILES string of the molecule is O=[N+]([O-])c1ccc(Oc2ccc3nnnn3n2)c(Cl)c1. The second-order valence-electron chi connectivity index (χ2n) is 3.67. The van der Waals surface area contributed by atoms with E-state index in [2.05, 4.69) is 20.6 Å². The molecule has 0 aliphatic carbocycles. The number of hydrogen-bond donors (Lipinski definition) is 0. The zero-order chi connectivity index (χ0) is 14.1. The Morgan fingerprint density at radius 3 is 2.90 bits per heavy atom. The van der Waals surface area contributed by atoms with Crippen LogP contribution in [0, 0.1) is 10.1 Å². The van der Waals surface area contributed by atoms with Crippen LogP contribution in [-0.2, 0) is 0 Å². The number of aromatic nitrogens is 5. The summed E-state index contributed by atoms with van der Waals surface area (Å²) in [5, 5.41) is 25.5. The Labute approximate surface area is 115 Å². The molecule has 1 aromatic carbocycles. The minimum atomic E-state index is -0.541. The van der Waals surface area contributed by atoms with E-state index >= 15 is 0 Å². The Bertz CT molecular complexity index is 805. The van der Waals surface area contributed by atoms with Crippen LogP contribution >= 0.6 is 11.6 Å². The third-order valence-corrected chi connectivity index (χ3v) is 2.68. The molecule has 0 unspecified atom stereocenters. The maximum atomic E-state index is 10.6. The number of ether oxygens (including phenoxy) is 1. The van der Waals surface area contributed by atoms with Gasteiger partial charge in [-0.15, -0.1) is 14.8 Å². The Hall–Kier alpha value is -2.81. The lowest BCUT2D eigenvalue weighted by atomic mass is 10.3. The smallest absolute Gasteiger partial charge is 0.271 e. The maximum Gasteiger partial charge on any atom is 0.271 e. The predicted molar refractivity (Wildman–Crippen MR) is 66.8 cm³/mol. The first-order chi connectivity index (χ1) is 9.63. The van der Waals surface area contributed by atoms with E-state index < -0.39 is 4.92 Å². The van der Waals surface area contributed by atoms with Gasteiger partial charge in [-0.1, -0.05) is 11.6 Å². The van der Waals surface area contributed by atoms with Crippen LogP contribution in [0.1, 0.15) is 0 Å². The molecule has 0 atom stereocenters. The van der Waals surface area contributed by atoms with E-state index in [1.807, 2.05) is 0 Å². The van der Waals surface area contributed by atoms with Crippen LogP contribution in [0.5, 0.6) is 11.6 Å². The molecule has 100 valence electrons. The van der Waals surface area contributed by atoms with Crippen molar-refractivity contribution >= 4 is 22.9 Å². The van der Waals surface area contributed by atoms with E-state index in [-0.39, 0.29) is 22.3 Å². The number of hydrogen-bond acceptors (Lipinski definition) is 7. The molecule has 3 rings (SSSR count). The van der Waals surface area contributed by atoms with Crippen LogP contribution in [0.4, 0.5) is 5.69 Å². The largest absolute Gasteiger partial charge is 0.436 e. The van der Waals surface area contributed by atoms with E-state index in [0.29, 0.717) is 5.65 Å². The Morgan fingerprint density at radius 1 is 1.30 bits per heavy atom. The predicted octanol–water partition coefficient (Wildman–Crippen LogP) is 1.87. The highest BCUT2D eigenvalue weighted by Gasteiger charge is 2.12. The van der Waals surface area contributed by atoms with Crippen molar-refractivity contribution in [3.8, 4) is 11.6 Å². The highest BCUT2D eigenvalue weighted by molar-refractivity contribution is 6.32. The summed E-state index contributed by atoms with van der Waals surface area (Å²) in [6.07, 6.45) is 0. The van der Waals surface area contributed by atoms with Crippen molar-refractivity contribution in [2.45, 2.75) is 0 Å². The third kappa shape index (κ3) is 2.21. The molecule has 20 heavy (non-hydrogen) atoms. The second kappa shape index (κ2) is 4.70. The van der Waals surface area contributed by atoms with Gasteiger partial charge in [0.15, 0.2) is 5.65 Å². The van der Waals surface area contributed by atoms with Crippen LogP contribution in [-0.4, -0.2) is 30.2 Å². The Morgan fingerprint density at radius 2 is 2.15 bits per heavy atom. The van der Waals surface area contributed by atoms with E-state index in [1.54, 1.807) is 12.1 Å². The van der Waals surface area contributed by atoms with Crippen LogP contribution < -0.4 is 4.74 Å². The lowest BCUT2D eigenvalue weighted by Crippen LogP contribution is -1.97. The molecule has 0 saturated heterocycles. The Balaban J connectivity index is 1.92. The minimum absolute atomic E-state index is 0.109. The number of rotatable bonds is 3. The molecule has 0 saturated carbocycles. The average Bonchev–Trinajstić information content (AvgIpc) is 2.88. The van der Waals surface area contributed by atoms with E-state index in [0.717, 1.165) is 0 Å². The fraction of sp³-hybridized carbons (Fsp3) is 0. The number of tetrazole rings is 1. The quantitative estimate of drug-likeness (QED) is 0.535. The highest BCUT2D eigenvalue weighted by Crippen LogP contribution is 2.31. The molecule has 3 aromatic rings. The zero-order valence-corrected chi connectivity index (χ0v) is 10.4. The monoisotopic (exact) mass is 292 g/mol. The molecule has 0 aliphatic rings. The fourth-order valence-electron chi connectivity index (χ4n) is 1.49. The van der Waals surface area contributed by atoms with Crippen molar-refractivity contribution in [2.75, 3.05) is 0 Å². The minimum Gasteiger partial charge on any atom is -0.436 e. The first-order valence-electron chi connectivity index (χ1n) is 5.31. The molecule has 0 aliphatic heterocycles. The first-order valence-corrected chi connectivity index (χ1v) is 5.68. The molecule has 0 amide bonds. The first kappa shape index (κ1) is 12.2. The van der Waals surface area contributed by atoms with Crippen molar-refractivity contribution in [1.82, 2.24) is 25.3 Å². The van der Waals surface area contributed by atoms with Crippen molar-refractivity contribution in [2.24, 2.45) is 0 Å². The maximum absolute atomic E-state index is 10.6. The summed E-state index contributed by atoms with van der Waals surface area (Å²) < 4.78 is 6.63. The van der Waals surface area contributed by atoms with Gasteiger partial charge in [0.05, 0.1) is 9.95 Å². The van der Waals surface area contributed by atoms with Crippen molar-refractivity contribution < 1.29 is 9.66 Å². The average molecular weight is 293 g/mol. The lowest BCUT2D eigenvalue weighted by molar-refractivity contribution is -0.384. The highest BCUT2D eigenvalue weighted by atomic mass is 35.5. The van der Waals surface area contributed by atoms with Gasteiger partial charge in [-0.25, -0.2) is 0 Å². The molecule has 2 heterocycles. The van der Waals surface area contributed by atoms with Crippen LogP contribution in [0.15, 0.2) is 30.3 Å². The molecule has 0 spiro atoms. The summed E-state index contributed by atoms with van der Waals surface area (Å²) in [7, 11) is 0. The van der Waals surface area contributed by atoms with Gasteiger partial charge < -0.3 is 4.74 Å². The number of nitrogens with zero attached hydrogens (tertiary/aromatic N) is 6. The van der Waals surface area contributed by atoms with Gasteiger partial charge in [-0.2, -0.15) is 0 Å². The van der Waals surface area contributed by atoms with Gasteiger partial charge in [0, 0.05) is 18.2 Å². The summed E-state index contributed by atoms with van der Waals surface area (Å²) in [6, 6.07) is 7.06. The summed E-state index contributed by atoms with van der Waals surface area (Å²) >= 11 is 5.92. The molecule has 0 N–H and O–H groups in total. The molecule has 2 aromatic heterocycles. The van der Waals surface area contributed by atoms with Gasteiger partial charge in [-0.3, -0.25) is 10.1 Å². The van der Waals surface area contributed by atoms with E-state index in [9.17, 15) is 10.1 Å². The third-order valence-electron chi connectivity index (χ3n) is 2.39. The summed E-state index contributed by atoms with van der Waals surface area (Å²) in [5.41, 5.74) is 0.346. The van der Waals surface area contributed by atoms with E-state index in [4.69, 9.17) is 16.3 Å². The number of non-ortho nitro benzene ring substituents is 1. The van der Waals surface area contributed by atoms with Crippen molar-refractivity contribution in [3.05, 3.63) is 45.5 Å². The molecular formula is C10H5ClN6O3. The van der Waals surface area contributed by atoms with Gasteiger partial charge in [0.1, 0.15) is 5.75 Å². The lowest BCUT2D eigenvalue weighted by Gasteiger charge is -2.05. The topological polar surface area (TPSA) is 108 Å². The number of halogens is 1. The summed E-state index contributed by atoms with van der Waals surface area (Å²) in [6.45, 7) is 0. The molecule has 10 heteroatoms. The number of nitro benzene ring substituents is 1. The Kier molecular flexibility index (Phi) is 2.88. The van der Waals surface area contributed by atoms with Gasteiger partial charge in [-0.05, 0) is 22.6 Å². The van der Waals surface area contributed by atoms with E-state index in [1.165, 1.54) is 22.8 Å². The molecule has 9 nitrogen and oxygen atoms in total. The molecular weight excluding hydrogens is 288 g/mol. The van der Waals surface area contributed by atoms with Crippen LogP contribution in [0.3, 0.4) is 0 Å². The second-order valence-corrected chi connectivity index (χ2v) is 4.08. The molecule has 0 fully saturated rings. The van der Waals surface area contributed by atoms with Gasteiger partial charge in [0.25, 0.3) is 5.69 Å². The van der Waals surface area contributed by atoms with Crippen molar-refractivity contribution in [3.63, 3.8) is 0 Å². The number of fused-ring (bicyclic) bond motifs is 1. The van der Waals surface area contributed by atoms with Gasteiger partial charge in [0.2, 0.25) is 5.88 Å². The van der Waals surface area contributed by atoms with Crippen molar-refractivity contribution in [1.29, 1.82) is 0 Å². The normalized spacial score (nSPS) is 10.7. The van der Waals surface area contributed by atoms with Crippen LogP contribution in [0.2, 0.25) is 5.02 Å².